The molecule has 1 atom stereocenters. The highest BCUT2D eigenvalue weighted by Gasteiger charge is 2.39. The third-order valence-electron chi connectivity index (χ3n) is 4.25. The fourth-order valence-corrected chi connectivity index (χ4v) is 2.85. The second-order valence-corrected chi connectivity index (χ2v) is 7.25. The molecule has 3 aromatic rings. The number of aromatic nitrogens is 4. The number of aromatic amines is 1. The zero-order chi connectivity index (χ0) is 23.8. The van der Waals surface area contributed by atoms with Gasteiger partial charge in [0, 0.05) is 5.56 Å². The van der Waals surface area contributed by atoms with Gasteiger partial charge in [-0.2, -0.15) is 18.3 Å². The van der Waals surface area contributed by atoms with Gasteiger partial charge in [-0.05, 0) is 26.0 Å². The zero-order valence-electron chi connectivity index (χ0n) is 16.3. The first-order valence-corrected chi connectivity index (χ1v) is 9.51. The number of rotatable bonds is 5. The van der Waals surface area contributed by atoms with E-state index < -0.39 is 35.3 Å². The number of aryl methyl sites for hydroxylation is 1. The number of alkyl halides is 3. The molecule has 0 saturated heterocycles. The number of nitrogens with one attached hydrogen (secondary N) is 2. The molecule has 0 fully saturated rings. The van der Waals surface area contributed by atoms with Crippen LogP contribution in [0, 0.1) is 12.7 Å². The number of nitrogens with zero attached hydrogens (tertiary/aromatic N) is 3. The molecule has 0 aliphatic carbocycles. The maximum Gasteiger partial charge on any atom is 0.425 e. The van der Waals surface area contributed by atoms with E-state index in [4.69, 9.17) is 33.7 Å². The van der Waals surface area contributed by atoms with Crippen LogP contribution in [0.3, 0.4) is 0 Å². The molecule has 2 aromatic heterocycles. The molecular weight excluding hydrogens is 479 g/mol. The predicted molar refractivity (Wildman–Crippen MR) is 109 cm³/mol. The summed E-state index contributed by atoms with van der Waals surface area (Å²) in [5.74, 6) is -2.75. The van der Waals surface area contributed by atoms with Crippen LogP contribution in [0.2, 0.25) is 10.3 Å². The van der Waals surface area contributed by atoms with Crippen molar-refractivity contribution < 1.29 is 27.1 Å². The third kappa shape index (κ3) is 4.86. The first-order chi connectivity index (χ1) is 14.9. The minimum absolute atomic E-state index is 0.0222. The number of benzene rings is 1. The maximum absolute atomic E-state index is 14.9. The van der Waals surface area contributed by atoms with Gasteiger partial charge in [-0.25, -0.2) is 14.4 Å². The highest BCUT2D eigenvalue weighted by molar-refractivity contribution is 6.33. The van der Waals surface area contributed by atoms with Gasteiger partial charge in [0.1, 0.15) is 22.4 Å². The fourth-order valence-electron chi connectivity index (χ4n) is 2.53. The lowest BCUT2D eigenvalue weighted by Gasteiger charge is -2.20. The minimum Gasteiger partial charge on any atom is -0.480 e. The van der Waals surface area contributed by atoms with E-state index in [1.165, 1.54) is 6.92 Å². The zero-order valence-corrected chi connectivity index (χ0v) is 17.8. The van der Waals surface area contributed by atoms with Gasteiger partial charge in [0.25, 0.3) is 5.91 Å². The smallest absolute Gasteiger partial charge is 0.425 e. The van der Waals surface area contributed by atoms with Crippen LogP contribution in [-0.2, 0) is 0 Å². The van der Waals surface area contributed by atoms with Gasteiger partial charge in [0.05, 0.1) is 23.1 Å². The second kappa shape index (κ2) is 8.79. The second-order valence-electron chi connectivity index (χ2n) is 6.51. The molecule has 32 heavy (non-hydrogen) atoms. The molecule has 1 amide bonds. The lowest BCUT2D eigenvalue weighted by atomic mass is 10.1. The molecule has 0 radical (unpaired) electrons. The molecule has 14 heteroatoms. The SMILES string of the molecule is Cc1n[nH]c(Cl)c1NC(=O)c1cc(F)c(-c2cnc(Cl)c(N)n2)cc1O[C@@H](C)C(F)(F)F. The number of nitrogens with two attached hydrogens (primary N) is 1. The van der Waals surface area contributed by atoms with E-state index in [1.54, 1.807) is 0 Å². The van der Waals surface area contributed by atoms with E-state index >= 15 is 0 Å². The van der Waals surface area contributed by atoms with Crippen molar-refractivity contribution in [1.29, 1.82) is 0 Å². The summed E-state index contributed by atoms with van der Waals surface area (Å²) in [5, 5.41) is 8.42. The Balaban J connectivity index is 2.09. The van der Waals surface area contributed by atoms with Crippen molar-refractivity contribution in [3.8, 4) is 17.0 Å². The first kappa shape index (κ1) is 23.5. The molecule has 2 heterocycles. The van der Waals surface area contributed by atoms with Crippen LogP contribution < -0.4 is 15.8 Å². The number of nitrogen functional groups attached to an aromatic ring is 1. The first-order valence-electron chi connectivity index (χ1n) is 8.75. The fraction of sp³-hybridized carbons (Fsp3) is 0.222. The van der Waals surface area contributed by atoms with Gasteiger partial charge in [0.2, 0.25) is 0 Å². The summed E-state index contributed by atoms with van der Waals surface area (Å²) in [6.45, 7) is 2.26. The molecule has 0 aliphatic heterocycles. The molecule has 1 aromatic carbocycles. The summed E-state index contributed by atoms with van der Waals surface area (Å²) in [6.07, 6.45) is -5.99. The van der Waals surface area contributed by atoms with E-state index in [1.807, 2.05) is 0 Å². The highest BCUT2D eigenvalue weighted by atomic mass is 35.5. The van der Waals surface area contributed by atoms with Crippen LogP contribution >= 0.6 is 23.2 Å². The van der Waals surface area contributed by atoms with Crippen molar-refractivity contribution in [3.63, 3.8) is 0 Å². The van der Waals surface area contributed by atoms with Gasteiger partial charge in [-0.1, -0.05) is 23.2 Å². The van der Waals surface area contributed by atoms with Crippen LogP contribution in [0.1, 0.15) is 23.0 Å². The Morgan fingerprint density at radius 2 is 2.00 bits per heavy atom. The Kier molecular flexibility index (Phi) is 6.46. The lowest BCUT2D eigenvalue weighted by molar-refractivity contribution is -0.189. The molecule has 3 rings (SSSR count). The van der Waals surface area contributed by atoms with E-state index in [-0.39, 0.29) is 33.1 Å². The van der Waals surface area contributed by atoms with Crippen molar-refractivity contribution in [2.24, 2.45) is 0 Å². The Hall–Kier alpha value is -3.12. The number of halogens is 6. The summed E-state index contributed by atoms with van der Waals surface area (Å²) in [5.41, 5.74) is 5.00. The quantitative estimate of drug-likeness (QED) is 0.440. The van der Waals surface area contributed by atoms with E-state index in [0.29, 0.717) is 11.8 Å². The Morgan fingerprint density at radius 3 is 2.56 bits per heavy atom. The summed E-state index contributed by atoms with van der Waals surface area (Å²) in [7, 11) is 0. The molecule has 4 N–H and O–H groups in total. The van der Waals surface area contributed by atoms with Crippen LogP contribution in [-0.4, -0.2) is 38.4 Å². The van der Waals surface area contributed by atoms with Crippen molar-refractivity contribution >= 4 is 40.6 Å². The number of ether oxygens (including phenoxy) is 1. The molecule has 170 valence electrons. The van der Waals surface area contributed by atoms with Gasteiger partial charge in [-0.15, -0.1) is 0 Å². The highest BCUT2D eigenvalue weighted by Crippen LogP contribution is 2.34. The van der Waals surface area contributed by atoms with Crippen LogP contribution in [0.25, 0.3) is 11.3 Å². The molecule has 0 saturated carbocycles. The number of H-pyrrole nitrogens is 1. The minimum atomic E-state index is -4.75. The number of amides is 1. The normalized spacial score (nSPS) is 12.5. The number of carbonyl (C=O) groups excluding carboxylic acids is 1. The van der Waals surface area contributed by atoms with Gasteiger partial charge < -0.3 is 15.8 Å². The van der Waals surface area contributed by atoms with Gasteiger partial charge in [0.15, 0.2) is 17.1 Å². The van der Waals surface area contributed by atoms with E-state index in [2.05, 4.69) is 25.5 Å². The molecular formula is C18H14Cl2F4N6O2. The van der Waals surface area contributed by atoms with Gasteiger partial charge >= 0.3 is 6.18 Å². The average Bonchev–Trinajstić information content (AvgIpc) is 3.02. The van der Waals surface area contributed by atoms with Crippen molar-refractivity contribution in [2.75, 3.05) is 11.1 Å². The number of anilines is 2. The molecule has 0 bridgehead atoms. The van der Waals surface area contributed by atoms with Crippen LogP contribution in [0.4, 0.5) is 29.1 Å². The largest absolute Gasteiger partial charge is 0.480 e. The third-order valence-corrected chi connectivity index (χ3v) is 4.81. The summed E-state index contributed by atoms with van der Waals surface area (Å²) < 4.78 is 59.1. The summed E-state index contributed by atoms with van der Waals surface area (Å²) >= 11 is 11.6. The summed E-state index contributed by atoms with van der Waals surface area (Å²) in [6, 6.07) is 1.60. The summed E-state index contributed by atoms with van der Waals surface area (Å²) in [4.78, 5) is 20.4. The Morgan fingerprint density at radius 1 is 1.31 bits per heavy atom. The van der Waals surface area contributed by atoms with Crippen molar-refractivity contribution in [3.05, 3.63) is 45.7 Å². The monoisotopic (exact) mass is 492 g/mol. The number of hydrogen-bond donors (Lipinski definition) is 3. The maximum atomic E-state index is 14.9. The average molecular weight is 493 g/mol. The number of hydrogen-bond acceptors (Lipinski definition) is 6. The van der Waals surface area contributed by atoms with Gasteiger partial charge in [-0.3, -0.25) is 9.89 Å². The van der Waals surface area contributed by atoms with Crippen LogP contribution in [0.15, 0.2) is 18.3 Å². The van der Waals surface area contributed by atoms with Crippen molar-refractivity contribution in [1.82, 2.24) is 20.2 Å². The van der Waals surface area contributed by atoms with E-state index in [9.17, 15) is 22.4 Å². The lowest BCUT2D eigenvalue weighted by Crippen LogP contribution is -2.32. The topological polar surface area (TPSA) is 119 Å². The van der Waals surface area contributed by atoms with Crippen molar-refractivity contribution in [2.45, 2.75) is 26.1 Å². The molecule has 0 unspecified atom stereocenters. The predicted octanol–water partition coefficient (Wildman–Crippen LogP) is 4.79. The van der Waals surface area contributed by atoms with E-state index in [0.717, 1.165) is 19.2 Å². The standard InChI is InChI=1S/C18H14Cl2F4N6O2/c1-6-13(14(19)30-29-6)28-17(31)9-3-10(21)8(11-5-26-15(20)16(25)27-11)4-12(9)32-7(2)18(22,23)24/h3-5,7H,1-2H3,(H2,25,27)(H,28,31)(H,29,30)/t7-/m0/s1. The molecule has 8 nitrogen and oxygen atoms in total. The number of carbonyl (C=O) groups is 1. The molecule has 0 spiro atoms. The molecule has 0 aliphatic rings. The van der Waals surface area contributed by atoms with Crippen LogP contribution in [0.5, 0.6) is 5.75 Å². The Labute approximate surface area is 188 Å². The Bertz CT molecular complexity index is 1170.